The number of hydrogen-bond acceptors (Lipinski definition) is 3. The lowest BCUT2D eigenvalue weighted by atomic mass is 9.85. The van der Waals surface area contributed by atoms with Gasteiger partial charge < -0.3 is 14.6 Å². The van der Waals surface area contributed by atoms with Gasteiger partial charge in [0.25, 0.3) is 0 Å². The van der Waals surface area contributed by atoms with Crippen molar-refractivity contribution >= 4 is 0 Å². The molecule has 2 atom stereocenters. The average molecular weight is 248 g/mol. The first-order chi connectivity index (χ1) is 8.77. The molecule has 1 N–H and O–H groups in total. The van der Waals surface area contributed by atoms with E-state index in [0.29, 0.717) is 13.0 Å². The molecule has 0 aliphatic carbocycles. The van der Waals surface area contributed by atoms with Gasteiger partial charge in [-0.3, -0.25) is 0 Å². The van der Waals surface area contributed by atoms with Gasteiger partial charge in [-0.1, -0.05) is 24.3 Å². The summed E-state index contributed by atoms with van der Waals surface area (Å²) in [6.07, 6.45) is 3.38. The Bertz CT molecular complexity index is 410. The van der Waals surface area contributed by atoms with Crippen LogP contribution in [0.4, 0.5) is 0 Å². The predicted octanol–water partition coefficient (Wildman–Crippen LogP) is 2.23. The van der Waals surface area contributed by atoms with Crippen LogP contribution in [0.3, 0.4) is 0 Å². The van der Waals surface area contributed by atoms with E-state index in [1.54, 1.807) is 0 Å². The van der Waals surface area contributed by atoms with E-state index >= 15 is 0 Å². The third kappa shape index (κ3) is 2.44. The maximum atomic E-state index is 10.5. The van der Waals surface area contributed by atoms with E-state index in [4.69, 9.17) is 9.47 Å². The van der Waals surface area contributed by atoms with Crippen molar-refractivity contribution in [2.24, 2.45) is 0 Å². The van der Waals surface area contributed by atoms with E-state index in [2.05, 4.69) is 18.2 Å². The van der Waals surface area contributed by atoms with E-state index in [-0.39, 0.29) is 6.10 Å². The van der Waals surface area contributed by atoms with Crippen molar-refractivity contribution in [3.05, 3.63) is 35.4 Å². The minimum atomic E-state index is -0.715. The van der Waals surface area contributed by atoms with Gasteiger partial charge in [-0.15, -0.1) is 0 Å². The molecule has 0 bridgehead atoms. The second kappa shape index (κ2) is 5.00. The topological polar surface area (TPSA) is 38.7 Å². The normalized spacial score (nSPS) is 31.9. The molecule has 3 heteroatoms. The first kappa shape index (κ1) is 12.2. The summed E-state index contributed by atoms with van der Waals surface area (Å²) < 4.78 is 11.3. The molecule has 2 aliphatic rings. The zero-order valence-corrected chi connectivity index (χ0v) is 10.6. The van der Waals surface area contributed by atoms with Crippen LogP contribution in [0.25, 0.3) is 0 Å². The molecular weight excluding hydrogens is 228 g/mol. The molecule has 0 radical (unpaired) electrons. The molecule has 2 unspecified atom stereocenters. The summed E-state index contributed by atoms with van der Waals surface area (Å²) in [5.74, 6) is 0. The summed E-state index contributed by atoms with van der Waals surface area (Å²) in [5.41, 5.74) is 1.88. The SMILES string of the molecule is OC1(CC2OCCc3ccccc32)CCCOC1. The molecule has 0 spiro atoms. The van der Waals surface area contributed by atoms with Gasteiger partial charge in [0.2, 0.25) is 0 Å². The smallest absolute Gasteiger partial charge is 0.0909 e. The zero-order valence-electron chi connectivity index (χ0n) is 10.6. The molecule has 18 heavy (non-hydrogen) atoms. The molecule has 3 rings (SSSR count). The van der Waals surface area contributed by atoms with Crippen LogP contribution in [0.1, 0.15) is 36.5 Å². The van der Waals surface area contributed by atoms with Gasteiger partial charge in [-0.2, -0.15) is 0 Å². The van der Waals surface area contributed by atoms with Gasteiger partial charge in [0.05, 0.1) is 24.9 Å². The average Bonchev–Trinajstić information content (AvgIpc) is 2.40. The number of fused-ring (bicyclic) bond motifs is 1. The van der Waals surface area contributed by atoms with Gasteiger partial charge in [0.1, 0.15) is 0 Å². The maximum Gasteiger partial charge on any atom is 0.0909 e. The number of hydrogen-bond donors (Lipinski definition) is 1. The molecule has 2 heterocycles. The first-order valence-electron chi connectivity index (χ1n) is 6.76. The largest absolute Gasteiger partial charge is 0.387 e. The molecule has 98 valence electrons. The van der Waals surface area contributed by atoms with Gasteiger partial charge in [0, 0.05) is 13.0 Å². The lowest BCUT2D eigenvalue weighted by Crippen LogP contribution is -2.41. The van der Waals surface area contributed by atoms with Crippen molar-refractivity contribution in [3.8, 4) is 0 Å². The van der Waals surface area contributed by atoms with Crippen LogP contribution in [-0.2, 0) is 15.9 Å². The van der Waals surface area contributed by atoms with Crippen molar-refractivity contribution in [2.45, 2.75) is 37.4 Å². The summed E-state index contributed by atoms with van der Waals surface area (Å²) in [6.45, 7) is 1.96. The van der Waals surface area contributed by atoms with E-state index < -0.39 is 5.60 Å². The lowest BCUT2D eigenvalue weighted by molar-refractivity contribution is -0.117. The third-order valence-corrected chi connectivity index (χ3v) is 3.96. The number of aliphatic hydroxyl groups is 1. The fourth-order valence-corrected chi connectivity index (χ4v) is 2.99. The highest BCUT2D eigenvalue weighted by atomic mass is 16.5. The Morgan fingerprint density at radius 1 is 1.28 bits per heavy atom. The maximum absolute atomic E-state index is 10.5. The Balaban J connectivity index is 1.77. The number of ether oxygens (including phenoxy) is 2. The Kier molecular flexibility index (Phi) is 3.37. The molecular formula is C15H20O3. The molecule has 3 nitrogen and oxygen atoms in total. The Labute approximate surface area is 108 Å². The monoisotopic (exact) mass is 248 g/mol. The molecule has 0 amide bonds. The zero-order chi connectivity index (χ0) is 12.4. The molecule has 1 aromatic rings. The molecule has 1 aromatic carbocycles. The third-order valence-electron chi connectivity index (χ3n) is 3.96. The van der Waals surface area contributed by atoms with Gasteiger partial charge in [-0.25, -0.2) is 0 Å². The van der Waals surface area contributed by atoms with Crippen LogP contribution >= 0.6 is 0 Å². The van der Waals surface area contributed by atoms with Crippen LogP contribution in [0.5, 0.6) is 0 Å². The van der Waals surface area contributed by atoms with Crippen molar-refractivity contribution < 1.29 is 14.6 Å². The second-order valence-electron chi connectivity index (χ2n) is 5.39. The van der Waals surface area contributed by atoms with Crippen molar-refractivity contribution in [2.75, 3.05) is 19.8 Å². The van der Waals surface area contributed by atoms with Crippen LogP contribution in [0.15, 0.2) is 24.3 Å². The van der Waals surface area contributed by atoms with E-state index in [1.807, 2.05) is 6.07 Å². The summed E-state index contributed by atoms with van der Waals surface area (Å²) >= 11 is 0. The van der Waals surface area contributed by atoms with Crippen molar-refractivity contribution in [1.29, 1.82) is 0 Å². The molecule has 0 aromatic heterocycles. The van der Waals surface area contributed by atoms with Crippen LogP contribution in [0.2, 0.25) is 0 Å². The fraction of sp³-hybridized carbons (Fsp3) is 0.600. The van der Waals surface area contributed by atoms with E-state index in [9.17, 15) is 5.11 Å². The molecule has 2 aliphatic heterocycles. The van der Waals surface area contributed by atoms with Crippen LogP contribution in [0, 0.1) is 0 Å². The predicted molar refractivity (Wildman–Crippen MR) is 68.5 cm³/mol. The first-order valence-corrected chi connectivity index (χ1v) is 6.76. The van der Waals surface area contributed by atoms with Gasteiger partial charge in [0.15, 0.2) is 0 Å². The standard InChI is InChI=1S/C15H20O3/c16-15(7-3-8-17-11-15)10-14-13-5-2-1-4-12(13)6-9-18-14/h1-2,4-5,14,16H,3,6-11H2. The highest BCUT2D eigenvalue weighted by Gasteiger charge is 2.35. The van der Waals surface area contributed by atoms with Gasteiger partial charge >= 0.3 is 0 Å². The summed E-state index contributed by atoms with van der Waals surface area (Å²) in [6, 6.07) is 8.39. The Hall–Kier alpha value is -0.900. The molecule has 0 saturated carbocycles. The van der Waals surface area contributed by atoms with Crippen LogP contribution < -0.4 is 0 Å². The highest BCUT2D eigenvalue weighted by Crippen LogP contribution is 2.36. The Morgan fingerprint density at radius 3 is 3.00 bits per heavy atom. The quantitative estimate of drug-likeness (QED) is 0.872. The van der Waals surface area contributed by atoms with Gasteiger partial charge in [-0.05, 0) is 30.4 Å². The van der Waals surface area contributed by atoms with Crippen LogP contribution in [-0.4, -0.2) is 30.5 Å². The highest BCUT2D eigenvalue weighted by molar-refractivity contribution is 5.31. The minimum absolute atomic E-state index is 0.0154. The van der Waals surface area contributed by atoms with E-state index in [1.165, 1.54) is 11.1 Å². The fourth-order valence-electron chi connectivity index (χ4n) is 2.99. The Morgan fingerprint density at radius 2 is 2.17 bits per heavy atom. The number of benzene rings is 1. The summed E-state index contributed by atoms with van der Waals surface area (Å²) in [4.78, 5) is 0. The minimum Gasteiger partial charge on any atom is -0.387 e. The van der Waals surface area contributed by atoms with Crippen molar-refractivity contribution in [1.82, 2.24) is 0 Å². The second-order valence-corrected chi connectivity index (χ2v) is 5.39. The van der Waals surface area contributed by atoms with Crippen molar-refractivity contribution in [3.63, 3.8) is 0 Å². The lowest BCUT2D eigenvalue weighted by Gasteiger charge is -2.36. The molecule has 1 saturated heterocycles. The summed E-state index contributed by atoms with van der Waals surface area (Å²) in [5, 5.41) is 10.5. The molecule has 1 fully saturated rings. The van der Waals surface area contributed by atoms with E-state index in [0.717, 1.165) is 32.5 Å². The number of rotatable bonds is 2. The summed E-state index contributed by atoms with van der Waals surface area (Å²) in [7, 11) is 0.